The van der Waals surface area contributed by atoms with Crippen LogP contribution in [0.25, 0.3) is 0 Å². The van der Waals surface area contributed by atoms with Crippen molar-refractivity contribution in [2.24, 2.45) is 0 Å². The first-order chi connectivity index (χ1) is 10.5. The maximum absolute atomic E-state index is 12.4. The van der Waals surface area contributed by atoms with Gasteiger partial charge in [-0.05, 0) is 49.6 Å². The minimum absolute atomic E-state index is 0.110. The third-order valence-corrected chi connectivity index (χ3v) is 4.23. The number of pyridine rings is 1. The van der Waals surface area contributed by atoms with Crippen LogP contribution in [0.2, 0.25) is 10.2 Å². The number of nitrogens with zero attached hydrogens (tertiary/aromatic N) is 1. The Morgan fingerprint density at radius 1 is 1.23 bits per heavy atom. The minimum Gasteiger partial charge on any atom is -0.346 e. The summed E-state index contributed by atoms with van der Waals surface area (Å²) >= 11 is 11.9. The van der Waals surface area contributed by atoms with Crippen LogP contribution in [0, 0.1) is 0 Å². The second kappa shape index (κ2) is 6.27. The first-order valence-electron chi connectivity index (χ1n) is 7.27. The molecule has 1 fully saturated rings. The van der Waals surface area contributed by atoms with Crippen LogP contribution in [0.15, 0.2) is 36.4 Å². The lowest BCUT2D eigenvalue weighted by Crippen LogP contribution is -2.26. The van der Waals surface area contributed by atoms with E-state index in [0.29, 0.717) is 21.7 Å². The molecule has 3 nitrogen and oxygen atoms in total. The Bertz CT molecular complexity index is 696. The molecule has 0 aliphatic heterocycles. The van der Waals surface area contributed by atoms with Crippen LogP contribution >= 0.6 is 23.2 Å². The second-order valence-electron chi connectivity index (χ2n) is 5.62. The van der Waals surface area contributed by atoms with Gasteiger partial charge in [0.05, 0.1) is 6.04 Å². The van der Waals surface area contributed by atoms with E-state index in [0.717, 1.165) is 24.1 Å². The van der Waals surface area contributed by atoms with Crippen molar-refractivity contribution in [1.82, 2.24) is 10.3 Å². The summed E-state index contributed by atoms with van der Waals surface area (Å²) in [6.45, 7) is 1.94. The van der Waals surface area contributed by atoms with E-state index in [4.69, 9.17) is 23.2 Å². The van der Waals surface area contributed by atoms with Crippen LogP contribution in [-0.2, 0) is 0 Å². The van der Waals surface area contributed by atoms with Crippen molar-refractivity contribution in [2.75, 3.05) is 0 Å². The summed E-state index contributed by atoms with van der Waals surface area (Å²) in [5, 5.41) is 4.02. The SMILES string of the molecule is CC(NC(=O)c1cc(Cl)nc(C2CC2)c1)c1ccc(Cl)cc1. The molecule has 1 saturated carbocycles. The molecule has 3 rings (SSSR count). The van der Waals surface area contributed by atoms with Gasteiger partial charge < -0.3 is 5.32 Å². The third-order valence-electron chi connectivity index (χ3n) is 3.79. The summed E-state index contributed by atoms with van der Waals surface area (Å²) < 4.78 is 0. The predicted molar refractivity (Wildman–Crippen MR) is 88.6 cm³/mol. The lowest BCUT2D eigenvalue weighted by molar-refractivity contribution is 0.0939. The first-order valence-corrected chi connectivity index (χ1v) is 8.02. The number of benzene rings is 1. The third kappa shape index (κ3) is 3.60. The molecule has 114 valence electrons. The van der Waals surface area contributed by atoms with Gasteiger partial charge in [0, 0.05) is 22.2 Å². The zero-order valence-electron chi connectivity index (χ0n) is 12.1. The van der Waals surface area contributed by atoms with E-state index < -0.39 is 0 Å². The van der Waals surface area contributed by atoms with Crippen LogP contribution in [0.1, 0.15) is 53.3 Å². The Morgan fingerprint density at radius 2 is 1.91 bits per heavy atom. The smallest absolute Gasteiger partial charge is 0.251 e. The van der Waals surface area contributed by atoms with Crippen LogP contribution < -0.4 is 5.32 Å². The van der Waals surface area contributed by atoms with Gasteiger partial charge in [0.1, 0.15) is 5.15 Å². The molecule has 1 aliphatic carbocycles. The van der Waals surface area contributed by atoms with Gasteiger partial charge in [-0.3, -0.25) is 4.79 Å². The Labute approximate surface area is 139 Å². The molecule has 2 aromatic rings. The quantitative estimate of drug-likeness (QED) is 0.819. The topological polar surface area (TPSA) is 42.0 Å². The standard InChI is InChI=1S/C17H16Cl2N2O/c1-10(11-4-6-14(18)7-5-11)20-17(22)13-8-15(12-2-3-12)21-16(19)9-13/h4-10,12H,2-3H2,1H3,(H,20,22). The zero-order valence-corrected chi connectivity index (χ0v) is 13.7. The molecule has 0 radical (unpaired) electrons. The molecule has 1 amide bonds. The van der Waals surface area contributed by atoms with E-state index in [2.05, 4.69) is 10.3 Å². The summed E-state index contributed by atoms with van der Waals surface area (Å²) in [6.07, 6.45) is 2.24. The van der Waals surface area contributed by atoms with Gasteiger partial charge in [-0.2, -0.15) is 0 Å². The molecule has 1 unspecified atom stereocenters. The zero-order chi connectivity index (χ0) is 15.7. The van der Waals surface area contributed by atoms with Crippen molar-refractivity contribution in [3.05, 3.63) is 63.4 Å². The van der Waals surface area contributed by atoms with Crippen molar-refractivity contribution in [3.8, 4) is 0 Å². The first kappa shape index (κ1) is 15.3. The summed E-state index contributed by atoms with van der Waals surface area (Å²) in [7, 11) is 0. The summed E-state index contributed by atoms with van der Waals surface area (Å²) in [5.74, 6) is 0.313. The number of nitrogens with one attached hydrogen (secondary N) is 1. The van der Waals surface area contributed by atoms with Gasteiger partial charge in [0.25, 0.3) is 5.91 Å². The minimum atomic E-state index is -0.145. The maximum atomic E-state index is 12.4. The average Bonchev–Trinajstić information content (AvgIpc) is 3.31. The molecule has 22 heavy (non-hydrogen) atoms. The van der Waals surface area contributed by atoms with Gasteiger partial charge in [-0.25, -0.2) is 4.98 Å². The van der Waals surface area contributed by atoms with E-state index in [1.165, 1.54) is 0 Å². The van der Waals surface area contributed by atoms with Crippen molar-refractivity contribution < 1.29 is 4.79 Å². The maximum Gasteiger partial charge on any atom is 0.251 e. The van der Waals surface area contributed by atoms with E-state index in [9.17, 15) is 4.79 Å². The highest BCUT2D eigenvalue weighted by molar-refractivity contribution is 6.30. The molecule has 0 spiro atoms. The Balaban J connectivity index is 1.75. The van der Waals surface area contributed by atoms with Gasteiger partial charge in [0.15, 0.2) is 0 Å². The van der Waals surface area contributed by atoms with E-state index in [1.807, 2.05) is 37.3 Å². The van der Waals surface area contributed by atoms with Crippen LogP contribution in [0.5, 0.6) is 0 Å². The van der Waals surface area contributed by atoms with Gasteiger partial charge in [-0.15, -0.1) is 0 Å². The van der Waals surface area contributed by atoms with Crippen molar-refractivity contribution >= 4 is 29.1 Å². The van der Waals surface area contributed by atoms with Gasteiger partial charge >= 0.3 is 0 Å². The molecule has 1 aromatic heterocycles. The normalized spacial score (nSPS) is 15.4. The molecule has 1 heterocycles. The van der Waals surface area contributed by atoms with Crippen molar-refractivity contribution in [3.63, 3.8) is 0 Å². The lowest BCUT2D eigenvalue weighted by Gasteiger charge is -2.15. The number of halogens is 2. The highest BCUT2D eigenvalue weighted by atomic mass is 35.5. The summed E-state index contributed by atoms with van der Waals surface area (Å²) in [5.41, 5.74) is 2.47. The Morgan fingerprint density at radius 3 is 2.55 bits per heavy atom. The summed E-state index contributed by atoms with van der Waals surface area (Å²) in [6, 6.07) is 10.8. The highest BCUT2D eigenvalue weighted by Crippen LogP contribution is 2.39. The number of hydrogen-bond donors (Lipinski definition) is 1. The molecule has 1 aliphatic rings. The molecular formula is C17H16Cl2N2O. The van der Waals surface area contributed by atoms with Gasteiger partial charge in [0.2, 0.25) is 0 Å². The Hall–Kier alpha value is -1.58. The van der Waals surface area contributed by atoms with E-state index >= 15 is 0 Å². The monoisotopic (exact) mass is 334 g/mol. The number of carbonyl (C=O) groups excluding carboxylic acids is 1. The largest absolute Gasteiger partial charge is 0.346 e. The van der Waals surface area contributed by atoms with Crippen molar-refractivity contribution in [1.29, 1.82) is 0 Å². The van der Waals surface area contributed by atoms with Crippen molar-refractivity contribution in [2.45, 2.75) is 31.7 Å². The fourth-order valence-corrected chi connectivity index (χ4v) is 2.69. The molecule has 1 aromatic carbocycles. The molecule has 0 bridgehead atoms. The van der Waals surface area contributed by atoms with E-state index in [-0.39, 0.29) is 11.9 Å². The fourth-order valence-electron chi connectivity index (χ4n) is 2.35. The lowest BCUT2D eigenvalue weighted by atomic mass is 10.1. The van der Waals surface area contributed by atoms with Gasteiger partial charge in [-0.1, -0.05) is 35.3 Å². The molecule has 1 atom stereocenters. The van der Waals surface area contributed by atoms with Crippen LogP contribution in [-0.4, -0.2) is 10.9 Å². The number of amides is 1. The van der Waals surface area contributed by atoms with Crippen LogP contribution in [0.4, 0.5) is 0 Å². The molecule has 0 saturated heterocycles. The highest BCUT2D eigenvalue weighted by Gasteiger charge is 2.26. The second-order valence-corrected chi connectivity index (χ2v) is 6.45. The molecule has 5 heteroatoms. The predicted octanol–water partition coefficient (Wildman–Crippen LogP) is 4.76. The number of hydrogen-bond acceptors (Lipinski definition) is 2. The average molecular weight is 335 g/mol. The Kier molecular flexibility index (Phi) is 4.37. The fraction of sp³-hybridized carbons (Fsp3) is 0.294. The van der Waals surface area contributed by atoms with E-state index in [1.54, 1.807) is 6.07 Å². The number of rotatable bonds is 4. The number of carbonyl (C=O) groups is 1. The molecule has 1 N–H and O–H groups in total. The summed E-state index contributed by atoms with van der Waals surface area (Å²) in [4.78, 5) is 16.7. The number of aromatic nitrogens is 1. The molecular weight excluding hydrogens is 319 g/mol. The van der Waals surface area contributed by atoms with Crippen LogP contribution in [0.3, 0.4) is 0 Å².